The molecule has 0 amide bonds. The minimum Gasteiger partial charge on any atom is -0.475 e. The van der Waals surface area contributed by atoms with Crippen molar-refractivity contribution < 1.29 is 14.3 Å². The summed E-state index contributed by atoms with van der Waals surface area (Å²) in [6.07, 6.45) is 3.58. The fourth-order valence-electron chi connectivity index (χ4n) is 1.18. The molecule has 2 aromatic heterocycles. The van der Waals surface area contributed by atoms with Crippen molar-refractivity contribution in [2.75, 3.05) is 0 Å². The molecule has 0 saturated heterocycles. The lowest BCUT2D eigenvalue weighted by Gasteiger charge is -1.98. The summed E-state index contributed by atoms with van der Waals surface area (Å²) >= 11 is 1.42. The van der Waals surface area contributed by atoms with Gasteiger partial charge in [0.05, 0.1) is 5.75 Å². The molecular formula is C10H10N2O3S. The number of aryl methyl sites for hydroxylation is 1. The number of aromatic carboxylic acids is 1. The predicted octanol–water partition coefficient (Wildman–Crippen LogP) is 2.00. The van der Waals surface area contributed by atoms with Gasteiger partial charge in [0.25, 0.3) is 0 Å². The van der Waals surface area contributed by atoms with Gasteiger partial charge in [-0.1, -0.05) is 11.8 Å². The first kappa shape index (κ1) is 10.8. The summed E-state index contributed by atoms with van der Waals surface area (Å²) in [4.78, 5) is 14.7. The molecule has 2 aromatic rings. The molecule has 0 atom stereocenters. The lowest BCUT2D eigenvalue weighted by Crippen LogP contribution is -1.94. The highest BCUT2D eigenvalue weighted by Gasteiger charge is 2.09. The molecule has 6 heteroatoms. The maximum Gasteiger partial charge on any atom is 0.371 e. The molecule has 5 nitrogen and oxygen atoms in total. The molecule has 2 rings (SSSR count). The van der Waals surface area contributed by atoms with Gasteiger partial charge in [0.15, 0.2) is 5.09 Å². The normalized spacial score (nSPS) is 10.6. The SMILES string of the molecule is Cn1ccnc1CSc1ccc(C(=O)O)o1. The molecule has 0 fully saturated rings. The van der Waals surface area contributed by atoms with E-state index in [4.69, 9.17) is 9.52 Å². The smallest absolute Gasteiger partial charge is 0.371 e. The average molecular weight is 238 g/mol. The van der Waals surface area contributed by atoms with Crippen LogP contribution in [0.1, 0.15) is 16.4 Å². The fraction of sp³-hybridized carbons (Fsp3) is 0.200. The summed E-state index contributed by atoms with van der Waals surface area (Å²) in [5.41, 5.74) is 0. The lowest BCUT2D eigenvalue weighted by molar-refractivity contribution is 0.0656. The zero-order valence-electron chi connectivity index (χ0n) is 8.58. The van der Waals surface area contributed by atoms with Crippen LogP contribution in [0.2, 0.25) is 0 Å². The predicted molar refractivity (Wildman–Crippen MR) is 58.4 cm³/mol. The largest absolute Gasteiger partial charge is 0.475 e. The molecule has 0 aliphatic carbocycles. The summed E-state index contributed by atoms with van der Waals surface area (Å²) < 4.78 is 7.02. The zero-order chi connectivity index (χ0) is 11.5. The van der Waals surface area contributed by atoms with Gasteiger partial charge in [-0.05, 0) is 12.1 Å². The molecule has 0 radical (unpaired) electrons. The quantitative estimate of drug-likeness (QED) is 0.825. The van der Waals surface area contributed by atoms with Crippen molar-refractivity contribution in [3.05, 3.63) is 36.1 Å². The molecule has 0 aliphatic heterocycles. The van der Waals surface area contributed by atoms with Crippen LogP contribution in [0.4, 0.5) is 0 Å². The first-order valence-corrected chi connectivity index (χ1v) is 5.57. The van der Waals surface area contributed by atoms with Gasteiger partial charge in [-0.3, -0.25) is 0 Å². The number of carbonyl (C=O) groups is 1. The second-order valence-corrected chi connectivity index (χ2v) is 4.15. The number of hydrogen-bond acceptors (Lipinski definition) is 4. The average Bonchev–Trinajstić information content (AvgIpc) is 2.83. The topological polar surface area (TPSA) is 68.3 Å². The number of hydrogen-bond donors (Lipinski definition) is 1. The van der Waals surface area contributed by atoms with Crippen LogP contribution in [0.15, 0.2) is 34.0 Å². The van der Waals surface area contributed by atoms with Crippen LogP contribution < -0.4 is 0 Å². The number of rotatable bonds is 4. The van der Waals surface area contributed by atoms with Crippen molar-refractivity contribution >= 4 is 17.7 Å². The van der Waals surface area contributed by atoms with Gasteiger partial charge in [0, 0.05) is 19.4 Å². The van der Waals surface area contributed by atoms with Crippen LogP contribution in [-0.4, -0.2) is 20.6 Å². The van der Waals surface area contributed by atoms with E-state index >= 15 is 0 Å². The van der Waals surface area contributed by atoms with Crippen LogP contribution in [0.5, 0.6) is 0 Å². The second kappa shape index (κ2) is 4.44. The molecule has 2 heterocycles. The van der Waals surface area contributed by atoms with E-state index in [0.717, 1.165) is 5.82 Å². The third-order valence-electron chi connectivity index (χ3n) is 2.06. The molecule has 1 N–H and O–H groups in total. The van der Waals surface area contributed by atoms with Gasteiger partial charge in [-0.2, -0.15) is 0 Å². The molecule has 0 spiro atoms. The van der Waals surface area contributed by atoms with Crippen molar-refractivity contribution in [1.82, 2.24) is 9.55 Å². The molecule has 0 unspecified atom stereocenters. The Labute approximate surface area is 96.1 Å². The van der Waals surface area contributed by atoms with E-state index in [1.165, 1.54) is 17.8 Å². The number of carboxylic acids is 1. The Balaban J connectivity index is 2.00. The van der Waals surface area contributed by atoms with E-state index in [1.54, 1.807) is 12.3 Å². The minimum atomic E-state index is -1.05. The number of thioether (sulfide) groups is 1. The van der Waals surface area contributed by atoms with E-state index in [1.807, 2.05) is 17.8 Å². The molecule has 0 bridgehead atoms. The maximum absolute atomic E-state index is 10.6. The Morgan fingerprint density at radius 1 is 1.62 bits per heavy atom. The standard InChI is InChI=1S/C10H10N2O3S/c1-12-5-4-11-8(12)6-16-9-3-2-7(15-9)10(13)14/h2-5H,6H2,1H3,(H,13,14). The molecule has 84 valence electrons. The van der Waals surface area contributed by atoms with Gasteiger partial charge in [0.2, 0.25) is 5.76 Å². The monoisotopic (exact) mass is 238 g/mol. The van der Waals surface area contributed by atoms with Gasteiger partial charge in [-0.15, -0.1) is 0 Å². The Hall–Kier alpha value is -1.69. The highest BCUT2D eigenvalue weighted by atomic mass is 32.2. The van der Waals surface area contributed by atoms with E-state index < -0.39 is 5.97 Å². The number of imidazole rings is 1. The van der Waals surface area contributed by atoms with E-state index in [-0.39, 0.29) is 5.76 Å². The van der Waals surface area contributed by atoms with Crippen LogP contribution in [0.3, 0.4) is 0 Å². The van der Waals surface area contributed by atoms with Crippen molar-refractivity contribution in [1.29, 1.82) is 0 Å². The fourth-order valence-corrected chi connectivity index (χ4v) is 2.05. The van der Waals surface area contributed by atoms with Crippen LogP contribution in [0, 0.1) is 0 Å². The van der Waals surface area contributed by atoms with Crippen LogP contribution >= 0.6 is 11.8 Å². The van der Waals surface area contributed by atoms with Crippen molar-refractivity contribution in [2.24, 2.45) is 7.05 Å². The Bertz CT molecular complexity index is 504. The summed E-state index contributed by atoms with van der Waals surface area (Å²) in [7, 11) is 1.91. The number of nitrogens with zero attached hydrogens (tertiary/aromatic N) is 2. The summed E-state index contributed by atoms with van der Waals surface area (Å²) in [6.45, 7) is 0. The third kappa shape index (κ3) is 2.27. The summed E-state index contributed by atoms with van der Waals surface area (Å²) in [5, 5.41) is 9.26. The highest BCUT2D eigenvalue weighted by molar-refractivity contribution is 7.98. The zero-order valence-corrected chi connectivity index (χ0v) is 9.40. The highest BCUT2D eigenvalue weighted by Crippen LogP contribution is 2.24. The van der Waals surface area contributed by atoms with Crippen LogP contribution in [-0.2, 0) is 12.8 Å². The van der Waals surface area contributed by atoms with Crippen LogP contribution in [0.25, 0.3) is 0 Å². The molecular weight excluding hydrogens is 228 g/mol. The van der Waals surface area contributed by atoms with E-state index in [2.05, 4.69) is 4.98 Å². The van der Waals surface area contributed by atoms with Crippen molar-refractivity contribution in [3.8, 4) is 0 Å². The molecule has 0 aromatic carbocycles. The first-order valence-electron chi connectivity index (χ1n) is 4.59. The third-order valence-corrected chi connectivity index (χ3v) is 2.96. The van der Waals surface area contributed by atoms with Gasteiger partial charge < -0.3 is 14.1 Å². The van der Waals surface area contributed by atoms with Gasteiger partial charge in [-0.25, -0.2) is 9.78 Å². The van der Waals surface area contributed by atoms with Crippen molar-refractivity contribution in [3.63, 3.8) is 0 Å². The summed E-state index contributed by atoms with van der Waals surface area (Å²) in [5.74, 6) is 0.472. The van der Waals surface area contributed by atoms with Crippen molar-refractivity contribution in [2.45, 2.75) is 10.8 Å². The van der Waals surface area contributed by atoms with Gasteiger partial charge >= 0.3 is 5.97 Å². The Morgan fingerprint density at radius 3 is 3.00 bits per heavy atom. The molecule has 0 aliphatic rings. The molecule has 0 saturated carbocycles. The number of furan rings is 1. The maximum atomic E-state index is 10.6. The Kier molecular flexibility index (Phi) is 3.00. The minimum absolute atomic E-state index is 0.0395. The molecule has 16 heavy (non-hydrogen) atoms. The van der Waals surface area contributed by atoms with E-state index in [9.17, 15) is 4.79 Å². The first-order chi connectivity index (χ1) is 7.66. The number of carboxylic acid groups (broad SMARTS) is 1. The second-order valence-electron chi connectivity index (χ2n) is 3.17. The van der Waals surface area contributed by atoms with E-state index in [0.29, 0.717) is 10.8 Å². The summed E-state index contributed by atoms with van der Waals surface area (Å²) in [6, 6.07) is 3.10. The van der Waals surface area contributed by atoms with Gasteiger partial charge in [0.1, 0.15) is 5.82 Å². The lowest BCUT2D eigenvalue weighted by atomic mass is 10.5. The number of aromatic nitrogens is 2. The Morgan fingerprint density at radius 2 is 2.44 bits per heavy atom.